The molecule has 0 aliphatic carbocycles. The van der Waals surface area contributed by atoms with E-state index in [2.05, 4.69) is 0 Å². The van der Waals surface area contributed by atoms with Gasteiger partial charge in [0.05, 0.1) is 15.3 Å². The van der Waals surface area contributed by atoms with Crippen molar-refractivity contribution >= 4 is 0 Å². The van der Waals surface area contributed by atoms with Crippen LogP contribution in [0.4, 0.5) is 0 Å². The minimum Gasteiger partial charge on any atom is -0.412 e. The molecule has 14 nitrogen and oxygen atoms in total. The molecule has 0 aliphatic heterocycles. The third kappa shape index (κ3) is 1220. The Morgan fingerprint density at radius 1 is 0.533 bits per heavy atom. The summed E-state index contributed by atoms with van der Waals surface area (Å²) in [6.45, 7) is 0. The zero-order valence-corrected chi connectivity index (χ0v) is 10.3. The summed E-state index contributed by atoms with van der Waals surface area (Å²) in [7, 11) is 0. The number of nitrogens with zero attached hydrogens (tertiary/aromatic N) is 3. The maximum absolute atomic E-state index is 8.25. The van der Waals surface area contributed by atoms with E-state index in [1.54, 1.807) is 0 Å². The Kier molecular flexibility index (Phi) is 72.4. The van der Waals surface area contributed by atoms with E-state index in [1.807, 2.05) is 0 Å². The van der Waals surface area contributed by atoms with Crippen LogP contribution in [0, 0.1) is 87.3 Å². The summed E-state index contributed by atoms with van der Waals surface area (Å²) in [4.78, 5) is 24.8. The average molecular weight is 363 g/mol. The Balaban J connectivity index is -0.0000000184. The molecule has 0 atom stereocenters. The maximum Gasteiger partial charge on any atom is 3.00 e. The average Bonchev–Trinajstić information content (AvgIpc) is 1.54. The molecule has 0 saturated carbocycles. The van der Waals surface area contributed by atoms with Gasteiger partial charge in [-0.15, -0.1) is 0 Å². The first kappa shape index (κ1) is 37.1. The smallest absolute Gasteiger partial charge is 0.412 e. The van der Waals surface area contributed by atoms with Crippen LogP contribution >= 0.6 is 0 Å². The molecule has 4 N–H and O–H groups in total. The van der Waals surface area contributed by atoms with Gasteiger partial charge in [-0.2, -0.15) is 0 Å². The van der Waals surface area contributed by atoms with Crippen LogP contribution in [0.25, 0.3) is 0 Å². The van der Waals surface area contributed by atoms with Gasteiger partial charge in [0.2, 0.25) is 0 Å². The fraction of sp³-hybridized carbons (Fsp3) is 0. The molecule has 0 bridgehead atoms. The van der Waals surface area contributed by atoms with E-state index in [4.69, 9.17) is 46.0 Å². The Morgan fingerprint density at radius 3 is 0.533 bits per heavy atom. The van der Waals surface area contributed by atoms with Crippen molar-refractivity contribution in [2.75, 3.05) is 0 Å². The van der Waals surface area contributed by atoms with Crippen LogP contribution in [-0.2, 0) is 0 Å². The fourth-order valence-corrected chi connectivity index (χ4v) is 0. The van der Waals surface area contributed by atoms with Gasteiger partial charge in [-0.1, -0.05) is 0 Å². The van der Waals surface area contributed by atoms with E-state index in [0.717, 1.165) is 0 Å². The van der Waals surface area contributed by atoms with Crippen molar-refractivity contribution in [3.63, 3.8) is 0 Å². The summed E-state index contributed by atoms with van der Waals surface area (Å²) in [5.41, 5.74) is 0. The monoisotopic (exact) mass is 363 g/mol. The summed E-state index contributed by atoms with van der Waals surface area (Å²) in [5, 5.41) is 44.2. The van der Waals surface area contributed by atoms with Gasteiger partial charge in [-0.25, -0.2) is 0 Å². The van der Waals surface area contributed by atoms with E-state index in [9.17, 15) is 0 Å². The predicted octanol–water partition coefficient (Wildman–Crippen LogP) is -2.37. The standard InChI is InChI=1S/3NO3.2H2O.Pr/c3*2-1(3)4;;;/h;;;2*1H2;/q3*-1;;;+3. The summed E-state index contributed by atoms with van der Waals surface area (Å²) in [5.74, 6) is 0. The van der Waals surface area contributed by atoms with Gasteiger partial charge in [-0.3, -0.25) is 0 Å². The zero-order valence-electron chi connectivity index (χ0n) is 6.59. The van der Waals surface area contributed by atoms with Gasteiger partial charge in [0.25, 0.3) is 0 Å². The topological polar surface area (TPSA) is 262 Å². The Bertz CT molecular complexity index is 113. The largest absolute Gasteiger partial charge is 3.00 e. The minimum absolute atomic E-state index is 0. The first-order chi connectivity index (χ1) is 5.20. The summed E-state index contributed by atoms with van der Waals surface area (Å²) in [6.07, 6.45) is 0. The molecule has 15 heavy (non-hydrogen) atoms. The molecule has 0 radical (unpaired) electrons. The van der Waals surface area contributed by atoms with E-state index in [0.29, 0.717) is 0 Å². The van der Waals surface area contributed by atoms with Crippen molar-refractivity contribution in [2.45, 2.75) is 0 Å². The van der Waals surface area contributed by atoms with E-state index in [1.165, 1.54) is 0 Å². The summed E-state index contributed by atoms with van der Waals surface area (Å²) < 4.78 is 0. The van der Waals surface area contributed by atoms with Gasteiger partial charge in [-0.05, 0) is 0 Å². The molecule has 0 spiro atoms. The van der Waals surface area contributed by atoms with E-state index < -0.39 is 15.3 Å². The molecule has 15 heteroatoms. The third-order valence-electron chi connectivity index (χ3n) is 0. The van der Waals surface area contributed by atoms with Gasteiger partial charge in [0.15, 0.2) is 0 Å². The molecule has 0 saturated heterocycles. The SMILES string of the molecule is O.O.O=[N+]([O-])[O-].O=[N+]([O-])[O-].O=[N+]([O-])[O-].[Pr+3]. The second kappa shape index (κ2) is 29.3. The van der Waals surface area contributed by atoms with Crippen LogP contribution in [0.1, 0.15) is 0 Å². The van der Waals surface area contributed by atoms with Crippen molar-refractivity contribution in [3.8, 4) is 0 Å². The van der Waals surface area contributed by atoms with Crippen LogP contribution in [-0.4, -0.2) is 26.2 Å². The molecule has 0 fully saturated rings. The Hall–Kier alpha value is -1.12. The second-order valence-corrected chi connectivity index (χ2v) is 0.671. The minimum atomic E-state index is -1.75. The molecule has 0 aromatic heterocycles. The quantitative estimate of drug-likeness (QED) is 0.328. The van der Waals surface area contributed by atoms with Gasteiger partial charge >= 0.3 is 41.3 Å². The number of hydrogen-bond acceptors (Lipinski definition) is 9. The van der Waals surface area contributed by atoms with Crippen molar-refractivity contribution < 1.29 is 67.5 Å². The van der Waals surface area contributed by atoms with Crippen molar-refractivity contribution in [1.82, 2.24) is 0 Å². The molecular weight excluding hydrogens is 359 g/mol. The van der Waals surface area contributed by atoms with Crippen LogP contribution < -0.4 is 0 Å². The zero-order chi connectivity index (χ0) is 10.7. The van der Waals surface area contributed by atoms with Crippen molar-refractivity contribution in [2.24, 2.45) is 0 Å². The molecule has 0 aliphatic rings. The normalized spacial score (nSPS) is 4.80. The van der Waals surface area contributed by atoms with Gasteiger partial charge in [0.1, 0.15) is 0 Å². The fourth-order valence-electron chi connectivity index (χ4n) is 0. The van der Waals surface area contributed by atoms with Crippen LogP contribution in [0.5, 0.6) is 0 Å². The van der Waals surface area contributed by atoms with Crippen LogP contribution in [0.3, 0.4) is 0 Å². The molecule has 0 amide bonds. The Labute approximate surface area is 113 Å². The number of hydrogen-bond donors (Lipinski definition) is 0. The van der Waals surface area contributed by atoms with Crippen molar-refractivity contribution in [1.29, 1.82) is 0 Å². The first-order valence-electron chi connectivity index (χ1n) is 1.64. The van der Waals surface area contributed by atoms with E-state index in [-0.39, 0.29) is 52.2 Å². The molecular formula is H4N3O11Pr. The van der Waals surface area contributed by atoms with E-state index >= 15 is 0 Å². The summed E-state index contributed by atoms with van der Waals surface area (Å²) in [6, 6.07) is 0. The molecule has 0 unspecified atom stereocenters. The van der Waals surface area contributed by atoms with Gasteiger partial charge in [0, 0.05) is 0 Å². The first-order valence-corrected chi connectivity index (χ1v) is 1.64. The molecule has 0 heterocycles. The molecule has 0 aromatic carbocycles. The van der Waals surface area contributed by atoms with Crippen molar-refractivity contribution in [3.05, 3.63) is 46.0 Å². The van der Waals surface area contributed by atoms with Crippen LogP contribution in [0.2, 0.25) is 0 Å². The maximum atomic E-state index is 8.25. The molecule has 0 rings (SSSR count). The Morgan fingerprint density at radius 2 is 0.533 bits per heavy atom. The van der Waals surface area contributed by atoms with Crippen LogP contribution in [0.15, 0.2) is 0 Å². The molecule has 88 valence electrons. The molecule has 0 aromatic rings. The van der Waals surface area contributed by atoms with Gasteiger partial charge < -0.3 is 56.9 Å². The second-order valence-electron chi connectivity index (χ2n) is 0.671. The predicted molar refractivity (Wildman–Crippen MR) is 38.3 cm³/mol. The third-order valence-corrected chi connectivity index (χ3v) is 0. The number of rotatable bonds is 0. The summed E-state index contributed by atoms with van der Waals surface area (Å²) >= 11 is 0.